The Kier molecular flexibility index (Phi) is 58.5. The second-order valence-corrected chi connectivity index (χ2v) is 29.8. The van der Waals surface area contributed by atoms with Crippen molar-refractivity contribution < 1.29 is 80.2 Å². The Morgan fingerprint density at radius 3 is 0.798 bits per heavy atom. The molecule has 0 aliphatic carbocycles. The number of aliphatic hydroxyl groups is 1. The van der Waals surface area contributed by atoms with Gasteiger partial charge in [0.2, 0.25) is 0 Å². The van der Waals surface area contributed by atoms with Crippen LogP contribution in [-0.4, -0.2) is 96.7 Å². The normalized spacial score (nSPS) is 14.6. The minimum Gasteiger partial charge on any atom is -0.462 e. The molecule has 0 saturated carbocycles. The van der Waals surface area contributed by atoms with Crippen LogP contribution in [0, 0.1) is 23.7 Å². The van der Waals surface area contributed by atoms with Crippen LogP contribution in [0.4, 0.5) is 0 Å². The fourth-order valence-corrected chi connectivity index (χ4v) is 12.0. The predicted molar refractivity (Wildman–Crippen MR) is 358 cm³/mol. The zero-order chi connectivity index (χ0) is 66.1. The molecule has 528 valence electrons. The van der Waals surface area contributed by atoms with Crippen molar-refractivity contribution in [3.8, 4) is 0 Å². The van der Waals surface area contributed by atoms with E-state index in [4.69, 9.17) is 37.0 Å². The van der Waals surface area contributed by atoms with E-state index in [1.807, 2.05) is 0 Å². The molecule has 0 saturated heterocycles. The first-order valence-electron chi connectivity index (χ1n) is 36.2. The zero-order valence-electron chi connectivity index (χ0n) is 58.1. The highest BCUT2D eigenvalue weighted by Crippen LogP contribution is 2.45. The van der Waals surface area contributed by atoms with Crippen molar-refractivity contribution in [2.45, 2.75) is 363 Å². The molecule has 0 bridgehead atoms. The van der Waals surface area contributed by atoms with Gasteiger partial charge >= 0.3 is 39.5 Å². The number of esters is 4. The third-order valence-corrected chi connectivity index (χ3v) is 18.3. The number of rotatable bonds is 67. The number of carbonyl (C=O) groups is 4. The predicted octanol–water partition coefficient (Wildman–Crippen LogP) is 19.7. The van der Waals surface area contributed by atoms with E-state index >= 15 is 0 Å². The summed E-state index contributed by atoms with van der Waals surface area (Å²) in [5.41, 5.74) is 0. The number of carbonyl (C=O) groups excluding carboxylic acids is 4. The number of hydrogen-bond donors (Lipinski definition) is 3. The van der Waals surface area contributed by atoms with Gasteiger partial charge in [-0.25, -0.2) is 9.13 Å². The molecule has 0 rings (SSSR count). The number of ether oxygens (including phenoxy) is 4. The molecular formula is C70H136O17P2. The minimum atomic E-state index is -4.95. The van der Waals surface area contributed by atoms with E-state index in [1.54, 1.807) is 0 Å². The summed E-state index contributed by atoms with van der Waals surface area (Å²) >= 11 is 0. The van der Waals surface area contributed by atoms with Crippen LogP contribution >= 0.6 is 15.6 Å². The molecular weight excluding hydrogens is 1170 g/mol. The molecule has 89 heavy (non-hydrogen) atoms. The molecule has 0 aromatic carbocycles. The third-order valence-electron chi connectivity index (χ3n) is 16.4. The SMILES string of the molecule is CCC(C)CCCCCCCCCCCCCCCCC(=O)OC[C@H](COP(=O)(O)OCC(O)COP(=O)(O)OC[C@@H](COC(=O)CCCCCCCCCC(C)C)OC(=O)CCCCCCCCCCC(C)C)OC(=O)CCCCCCCCCC(C)C. The number of aliphatic hydroxyl groups excluding tert-OH is 1. The Labute approximate surface area is 543 Å². The maximum absolute atomic E-state index is 13.0. The van der Waals surface area contributed by atoms with Crippen LogP contribution in [0.25, 0.3) is 0 Å². The van der Waals surface area contributed by atoms with Crippen molar-refractivity contribution in [1.82, 2.24) is 0 Å². The first-order chi connectivity index (χ1) is 42.6. The Bertz CT molecular complexity index is 1770. The van der Waals surface area contributed by atoms with Crippen LogP contribution in [0.1, 0.15) is 344 Å². The van der Waals surface area contributed by atoms with Gasteiger partial charge in [0.25, 0.3) is 0 Å². The number of unbranched alkanes of at least 4 members (excludes halogenated alkanes) is 32. The number of phosphoric ester groups is 2. The molecule has 0 aliphatic rings. The second-order valence-electron chi connectivity index (χ2n) is 26.9. The first kappa shape index (κ1) is 87.1. The summed E-state index contributed by atoms with van der Waals surface area (Å²) in [6.07, 6.45) is 41.9. The lowest BCUT2D eigenvalue weighted by Gasteiger charge is -2.21. The van der Waals surface area contributed by atoms with Gasteiger partial charge in [-0.3, -0.25) is 37.3 Å². The van der Waals surface area contributed by atoms with Crippen molar-refractivity contribution >= 4 is 39.5 Å². The van der Waals surface area contributed by atoms with Crippen LogP contribution in [0.3, 0.4) is 0 Å². The Morgan fingerprint density at radius 1 is 0.315 bits per heavy atom. The highest BCUT2D eigenvalue weighted by Gasteiger charge is 2.30. The van der Waals surface area contributed by atoms with Gasteiger partial charge in [0, 0.05) is 25.7 Å². The van der Waals surface area contributed by atoms with E-state index in [0.29, 0.717) is 37.5 Å². The molecule has 0 aliphatic heterocycles. The lowest BCUT2D eigenvalue weighted by atomic mass is 9.99. The molecule has 19 heteroatoms. The lowest BCUT2D eigenvalue weighted by molar-refractivity contribution is -0.161. The van der Waals surface area contributed by atoms with Crippen LogP contribution in [-0.2, 0) is 65.4 Å². The summed E-state index contributed by atoms with van der Waals surface area (Å²) in [4.78, 5) is 72.5. The summed E-state index contributed by atoms with van der Waals surface area (Å²) in [7, 11) is -9.90. The first-order valence-corrected chi connectivity index (χ1v) is 39.2. The van der Waals surface area contributed by atoms with Gasteiger partial charge in [-0.2, -0.15) is 0 Å². The standard InChI is InChI=1S/C70H136O17P2/c1-9-63(8)49-41-33-25-16-14-12-10-11-13-15-17-26-34-42-50-67(72)80-56-66(87-70(75)53-45-37-29-21-24-32-40-48-62(6)7)59-85-89(78,79)83-55-64(71)54-82-88(76,77)84-58-65(57-81-68(73)51-43-35-28-20-23-31-39-47-61(4)5)86-69(74)52-44-36-27-19-18-22-30-38-46-60(2)3/h60-66,71H,9-59H2,1-8H3,(H,76,77)(H,78,79)/t63?,64?,65-,66-/m1/s1. The van der Waals surface area contributed by atoms with Crippen LogP contribution < -0.4 is 0 Å². The molecule has 0 amide bonds. The van der Waals surface area contributed by atoms with Crippen molar-refractivity contribution in [3.05, 3.63) is 0 Å². The minimum absolute atomic E-state index is 0.103. The second kappa shape index (κ2) is 59.8. The van der Waals surface area contributed by atoms with E-state index in [0.717, 1.165) is 108 Å². The largest absolute Gasteiger partial charge is 0.472 e. The topological polar surface area (TPSA) is 237 Å². The molecule has 4 unspecified atom stereocenters. The monoisotopic (exact) mass is 1310 g/mol. The van der Waals surface area contributed by atoms with E-state index in [-0.39, 0.29) is 25.7 Å². The van der Waals surface area contributed by atoms with E-state index in [2.05, 4.69) is 55.4 Å². The molecule has 17 nitrogen and oxygen atoms in total. The van der Waals surface area contributed by atoms with Gasteiger partial charge < -0.3 is 33.8 Å². The zero-order valence-corrected chi connectivity index (χ0v) is 59.8. The average Bonchev–Trinajstić information content (AvgIpc) is 3.66. The van der Waals surface area contributed by atoms with Crippen LogP contribution in [0.15, 0.2) is 0 Å². The molecule has 0 heterocycles. The molecule has 0 spiro atoms. The van der Waals surface area contributed by atoms with Crippen LogP contribution in [0.5, 0.6) is 0 Å². The summed E-state index contributed by atoms with van der Waals surface area (Å²) in [5, 5.41) is 10.6. The van der Waals surface area contributed by atoms with E-state index in [9.17, 15) is 43.2 Å². The Balaban J connectivity index is 5.19. The highest BCUT2D eigenvalue weighted by molar-refractivity contribution is 7.47. The summed E-state index contributed by atoms with van der Waals surface area (Å²) < 4.78 is 68.2. The molecule has 0 radical (unpaired) electrons. The van der Waals surface area contributed by atoms with Crippen molar-refractivity contribution in [2.24, 2.45) is 23.7 Å². The van der Waals surface area contributed by atoms with E-state index < -0.39 is 97.5 Å². The summed E-state index contributed by atoms with van der Waals surface area (Å²) in [6, 6.07) is 0. The number of phosphoric acid groups is 2. The maximum atomic E-state index is 13.0. The molecule has 0 fully saturated rings. The van der Waals surface area contributed by atoms with Crippen molar-refractivity contribution in [3.63, 3.8) is 0 Å². The maximum Gasteiger partial charge on any atom is 0.472 e. The molecule has 6 atom stereocenters. The van der Waals surface area contributed by atoms with Crippen LogP contribution in [0.2, 0.25) is 0 Å². The molecule has 3 N–H and O–H groups in total. The van der Waals surface area contributed by atoms with Gasteiger partial charge in [0.1, 0.15) is 19.3 Å². The average molecular weight is 1310 g/mol. The smallest absolute Gasteiger partial charge is 0.462 e. The fraction of sp³-hybridized carbons (Fsp3) is 0.943. The highest BCUT2D eigenvalue weighted by atomic mass is 31.2. The fourth-order valence-electron chi connectivity index (χ4n) is 10.5. The molecule has 0 aromatic rings. The van der Waals surface area contributed by atoms with Gasteiger partial charge in [-0.15, -0.1) is 0 Å². The summed E-state index contributed by atoms with van der Waals surface area (Å²) in [6.45, 7) is 14.0. The van der Waals surface area contributed by atoms with Crippen molar-refractivity contribution in [2.75, 3.05) is 39.6 Å². The summed E-state index contributed by atoms with van der Waals surface area (Å²) in [5.74, 6) is 0.835. The van der Waals surface area contributed by atoms with Gasteiger partial charge in [0.15, 0.2) is 12.2 Å². The van der Waals surface area contributed by atoms with Gasteiger partial charge in [0.05, 0.1) is 26.4 Å². The third kappa shape index (κ3) is 63.2. The van der Waals surface area contributed by atoms with Crippen molar-refractivity contribution in [1.29, 1.82) is 0 Å². The number of hydrogen-bond acceptors (Lipinski definition) is 15. The van der Waals surface area contributed by atoms with Gasteiger partial charge in [-0.1, -0.05) is 293 Å². The quantitative estimate of drug-likeness (QED) is 0.0222. The van der Waals surface area contributed by atoms with Gasteiger partial charge in [-0.05, 0) is 49.4 Å². The lowest BCUT2D eigenvalue weighted by Crippen LogP contribution is -2.30. The Morgan fingerprint density at radius 2 is 0.539 bits per heavy atom. The van der Waals surface area contributed by atoms with E-state index in [1.165, 1.54) is 141 Å². The Hall–Kier alpha value is -1.94. The molecule has 0 aromatic heterocycles.